The highest BCUT2D eigenvalue weighted by molar-refractivity contribution is 7.85. The predicted molar refractivity (Wildman–Crippen MR) is 191 cm³/mol. The molecule has 0 bridgehead atoms. The van der Waals surface area contributed by atoms with Gasteiger partial charge in [-0.1, -0.05) is 44.9 Å². The Hall–Kier alpha value is -3.25. The van der Waals surface area contributed by atoms with E-state index in [0.29, 0.717) is 38.2 Å². The Morgan fingerprint density at radius 2 is 1.60 bits per heavy atom. The van der Waals surface area contributed by atoms with Gasteiger partial charge in [-0.15, -0.1) is 0 Å². The lowest BCUT2D eigenvalue weighted by atomic mass is 9.89. The standard InChI is InChI=1S/C35H56N6O5S/c1-26-24-28(40(6)32(36)43)25-27(2)29(26)17-23-47(45)41-21-18-35(19-22-41)31(42)38-30(39-35)16-14-12-10-8-7-9-11-13-15-20-37-33(44)46-34(3,4)5/h17,23-25H,7-16,18-22H2,1-6H3,(H2,36,43)(H,37,44)(H,38,39,42)/b23-17+. The fourth-order valence-corrected chi connectivity index (χ4v) is 6.95. The van der Waals surface area contributed by atoms with Gasteiger partial charge in [-0.3, -0.25) is 14.7 Å². The molecule has 11 nitrogen and oxygen atoms in total. The van der Waals surface area contributed by atoms with Gasteiger partial charge < -0.3 is 21.1 Å². The first-order valence-electron chi connectivity index (χ1n) is 17.1. The number of ether oxygens (including phenoxy) is 1. The van der Waals surface area contributed by atoms with Crippen molar-refractivity contribution >= 4 is 46.6 Å². The average Bonchev–Trinajstić information content (AvgIpc) is 3.29. The molecule has 1 saturated heterocycles. The first kappa shape index (κ1) is 38.2. The molecule has 3 rings (SSSR count). The molecule has 2 heterocycles. The van der Waals surface area contributed by atoms with Crippen molar-refractivity contribution in [1.82, 2.24) is 14.9 Å². The number of piperidine rings is 1. The molecule has 1 aromatic carbocycles. The number of carbonyl (C=O) groups is 3. The fourth-order valence-electron chi connectivity index (χ4n) is 5.99. The zero-order valence-electron chi connectivity index (χ0n) is 29.3. The molecule has 1 aromatic rings. The van der Waals surface area contributed by atoms with Gasteiger partial charge in [0.25, 0.3) is 5.91 Å². The van der Waals surface area contributed by atoms with Crippen LogP contribution >= 0.6 is 0 Å². The molecule has 2 aliphatic rings. The Morgan fingerprint density at radius 1 is 1.04 bits per heavy atom. The molecular weight excluding hydrogens is 616 g/mol. The SMILES string of the molecule is Cc1cc(N(C)C(N)=O)cc(C)c1/C=C/S(=O)N1CCC2(CC1)N=C(CCCCCCCCCCCNC(=O)OC(C)(C)C)NC2=O. The number of hydrogen-bond donors (Lipinski definition) is 3. The van der Waals surface area contributed by atoms with Crippen LogP contribution in [-0.2, 0) is 20.5 Å². The van der Waals surface area contributed by atoms with E-state index in [1.54, 1.807) is 12.5 Å². The molecular formula is C35H56N6O5S. The quantitative estimate of drug-likeness (QED) is 0.178. The molecule has 0 radical (unpaired) electrons. The number of benzene rings is 1. The average molecular weight is 673 g/mol. The van der Waals surface area contributed by atoms with Crippen LogP contribution in [0.1, 0.15) is 115 Å². The lowest BCUT2D eigenvalue weighted by molar-refractivity contribution is -0.124. The van der Waals surface area contributed by atoms with Crippen molar-refractivity contribution in [1.29, 1.82) is 0 Å². The van der Waals surface area contributed by atoms with Gasteiger partial charge in [0.1, 0.15) is 28.0 Å². The Morgan fingerprint density at radius 3 is 2.15 bits per heavy atom. The molecule has 1 unspecified atom stereocenters. The van der Waals surface area contributed by atoms with Crippen molar-refractivity contribution in [3.05, 3.63) is 34.2 Å². The molecule has 4 amide bonds. The molecule has 0 saturated carbocycles. The summed E-state index contributed by atoms with van der Waals surface area (Å²) in [5.74, 6) is 0.767. The number of anilines is 1. The number of carbonyl (C=O) groups excluding carboxylic acids is 3. The molecule has 0 aliphatic carbocycles. The van der Waals surface area contributed by atoms with Gasteiger partial charge >= 0.3 is 12.1 Å². The number of rotatable bonds is 16. The number of aryl methyl sites for hydroxylation is 2. The number of hydrogen-bond acceptors (Lipinski definition) is 6. The number of primary amides is 1. The van der Waals surface area contributed by atoms with E-state index in [1.807, 2.05) is 57.1 Å². The van der Waals surface area contributed by atoms with Gasteiger partial charge in [-0.25, -0.2) is 18.1 Å². The van der Waals surface area contributed by atoms with Crippen molar-refractivity contribution in [2.75, 3.05) is 31.6 Å². The maximum atomic E-state index is 13.1. The molecule has 12 heteroatoms. The van der Waals surface area contributed by atoms with E-state index in [9.17, 15) is 18.6 Å². The van der Waals surface area contributed by atoms with Crippen molar-refractivity contribution in [3.8, 4) is 0 Å². The van der Waals surface area contributed by atoms with Crippen molar-refractivity contribution < 1.29 is 23.3 Å². The maximum Gasteiger partial charge on any atom is 0.407 e. The Kier molecular flexibility index (Phi) is 14.4. The van der Waals surface area contributed by atoms with E-state index in [-0.39, 0.29) is 12.0 Å². The van der Waals surface area contributed by atoms with Gasteiger partial charge in [-0.2, -0.15) is 0 Å². The van der Waals surface area contributed by atoms with Crippen molar-refractivity contribution in [2.45, 2.75) is 123 Å². The van der Waals surface area contributed by atoms with Crippen LogP contribution in [0.3, 0.4) is 0 Å². The molecule has 1 spiro atoms. The minimum Gasteiger partial charge on any atom is -0.444 e. The second kappa shape index (κ2) is 17.8. The predicted octanol–water partition coefficient (Wildman–Crippen LogP) is 6.24. The zero-order valence-corrected chi connectivity index (χ0v) is 30.1. The third-order valence-corrected chi connectivity index (χ3v) is 9.98. The van der Waals surface area contributed by atoms with Gasteiger partial charge in [0.05, 0.1) is 0 Å². The molecule has 2 aliphatic heterocycles. The topological polar surface area (TPSA) is 146 Å². The van der Waals surface area contributed by atoms with Crippen molar-refractivity contribution in [3.63, 3.8) is 0 Å². The van der Waals surface area contributed by atoms with Crippen molar-refractivity contribution in [2.24, 2.45) is 10.7 Å². The number of urea groups is 1. The lowest BCUT2D eigenvalue weighted by Gasteiger charge is -2.33. The second-order valence-corrected chi connectivity index (χ2v) is 15.1. The summed E-state index contributed by atoms with van der Waals surface area (Å²) in [7, 11) is 0.301. The third kappa shape index (κ3) is 12.1. The fraction of sp³-hybridized carbons (Fsp3) is 0.657. The van der Waals surface area contributed by atoms with E-state index in [4.69, 9.17) is 15.5 Å². The third-order valence-electron chi connectivity index (χ3n) is 8.74. The van der Waals surface area contributed by atoms with Crippen LogP contribution in [0.25, 0.3) is 6.08 Å². The summed E-state index contributed by atoms with van der Waals surface area (Å²) in [5, 5.41) is 7.53. The minimum atomic E-state index is -1.33. The smallest absolute Gasteiger partial charge is 0.407 e. The number of aliphatic imine (C=N–C) groups is 1. The van der Waals surface area contributed by atoms with Crippen LogP contribution in [0.4, 0.5) is 15.3 Å². The summed E-state index contributed by atoms with van der Waals surface area (Å²) in [6, 6.07) is 3.25. The molecule has 1 fully saturated rings. The number of unbranched alkanes of at least 4 members (excludes halogenated alkanes) is 8. The summed E-state index contributed by atoms with van der Waals surface area (Å²) in [5.41, 5.74) is 7.80. The summed E-state index contributed by atoms with van der Waals surface area (Å²) in [6.07, 6.45) is 13.6. The summed E-state index contributed by atoms with van der Waals surface area (Å²) < 4.78 is 20.3. The molecule has 0 aromatic heterocycles. The van der Waals surface area contributed by atoms with E-state index >= 15 is 0 Å². The van der Waals surface area contributed by atoms with Crippen LogP contribution in [-0.4, -0.2) is 70.2 Å². The first-order valence-corrected chi connectivity index (χ1v) is 18.2. The first-order chi connectivity index (χ1) is 22.2. The Labute approximate surface area is 283 Å². The van der Waals surface area contributed by atoms with Crippen LogP contribution in [0.5, 0.6) is 0 Å². The summed E-state index contributed by atoms with van der Waals surface area (Å²) in [4.78, 5) is 42.4. The minimum absolute atomic E-state index is 0.0259. The highest BCUT2D eigenvalue weighted by atomic mass is 32.2. The van der Waals surface area contributed by atoms with E-state index in [0.717, 1.165) is 54.6 Å². The highest BCUT2D eigenvalue weighted by Gasteiger charge is 2.46. The molecule has 4 N–H and O–H groups in total. The van der Waals surface area contributed by atoms with Gasteiger partial charge in [0.2, 0.25) is 0 Å². The number of nitrogens with zero attached hydrogens (tertiary/aromatic N) is 3. The number of amides is 4. The number of nitrogens with two attached hydrogens (primary N) is 1. The molecule has 47 heavy (non-hydrogen) atoms. The number of nitrogens with one attached hydrogen (secondary N) is 2. The van der Waals surface area contributed by atoms with Gasteiger partial charge in [0.15, 0.2) is 0 Å². The zero-order chi connectivity index (χ0) is 34.6. The van der Waals surface area contributed by atoms with Crippen LogP contribution in [0.2, 0.25) is 0 Å². The highest BCUT2D eigenvalue weighted by Crippen LogP contribution is 2.32. The lowest BCUT2D eigenvalue weighted by Crippen LogP contribution is -2.49. The van der Waals surface area contributed by atoms with Gasteiger partial charge in [-0.05, 0) is 95.2 Å². The van der Waals surface area contributed by atoms with E-state index in [1.165, 1.54) is 37.0 Å². The largest absolute Gasteiger partial charge is 0.444 e. The van der Waals surface area contributed by atoms with Gasteiger partial charge in [0, 0.05) is 44.2 Å². The maximum absolute atomic E-state index is 13.1. The van der Waals surface area contributed by atoms with Crippen LogP contribution in [0.15, 0.2) is 22.5 Å². The molecule has 262 valence electrons. The Bertz CT molecular complexity index is 1310. The summed E-state index contributed by atoms with van der Waals surface area (Å²) >= 11 is 0. The monoisotopic (exact) mass is 672 g/mol. The molecule has 1 atom stereocenters. The second-order valence-electron chi connectivity index (χ2n) is 13.8. The Balaban J connectivity index is 1.31. The number of amidine groups is 1. The number of alkyl carbamates (subject to hydrolysis) is 1. The van der Waals surface area contributed by atoms with E-state index < -0.39 is 28.2 Å². The van der Waals surface area contributed by atoms with Crippen LogP contribution < -0.4 is 21.3 Å². The summed E-state index contributed by atoms with van der Waals surface area (Å²) in [6.45, 7) is 11.2. The normalized spacial score (nSPS) is 17.1. The van der Waals surface area contributed by atoms with Crippen LogP contribution in [0, 0.1) is 13.8 Å². The van der Waals surface area contributed by atoms with E-state index in [2.05, 4.69) is 10.6 Å².